The van der Waals surface area contributed by atoms with Gasteiger partial charge in [-0.15, -0.1) is 0 Å². The number of esters is 2. The van der Waals surface area contributed by atoms with Crippen LogP contribution in [0.2, 0.25) is 0 Å². The van der Waals surface area contributed by atoms with E-state index in [1.54, 1.807) is 0 Å². The molecule has 0 aliphatic rings. The van der Waals surface area contributed by atoms with E-state index in [2.05, 4.69) is 38.2 Å². The minimum absolute atomic E-state index is 0.0508. The van der Waals surface area contributed by atoms with Gasteiger partial charge in [-0.3, -0.25) is 18.6 Å². The number of hydrogen-bond acceptors (Lipinski definition) is 8. The van der Waals surface area contributed by atoms with Gasteiger partial charge in [0.2, 0.25) is 0 Å². The van der Waals surface area contributed by atoms with Crippen LogP contribution in [0.4, 0.5) is 0 Å². The van der Waals surface area contributed by atoms with Gasteiger partial charge in [-0.05, 0) is 57.8 Å². The van der Waals surface area contributed by atoms with Crippen LogP contribution in [0.15, 0.2) is 24.3 Å². The Kier molecular flexibility index (Phi) is 33.3. The van der Waals surface area contributed by atoms with Crippen molar-refractivity contribution in [3.63, 3.8) is 0 Å². The first-order valence-electron chi connectivity index (χ1n) is 18.8. The van der Waals surface area contributed by atoms with Crippen LogP contribution in [0.25, 0.3) is 0 Å². The van der Waals surface area contributed by atoms with Crippen LogP contribution in [-0.2, 0) is 32.7 Å². The largest absolute Gasteiger partial charge is 0.472 e. The molecule has 0 spiro atoms. The van der Waals surface area contributed by atoms with Crippen molar-refractivity contribution in [2.24, 2.45) is 5.73 Å². The number of carbonyl (C=O) groups excluding carboxylic acids is 2. The number of hydrogen-bond donors (Lipinski definition) is 2. The monoisotopic (exact) mass is 687 g/mol. The second-order valence-corrected chi connectivity index (χ2v) is 13.9. The molecule has 0 radical (unpaired) electrons. The Bertz CT molecular complexity index is 835. The number of phosphoric ester groups is 1. The van der Waals surface area contributed by atoms with Crippen LogP contribution < -0.4 is 5.73 Å². The van der Waals surface area contributed by atoms with E-state index in [9.17, 15) is 19.0 Å². The van der Waals surface area contributed by atoms with E-state index in [-0.39, 0.29) is 32.6 Å². The van der Waals surface area contributed by atoms with Gasteiger partial charge >= 0.3 is 19.8 Å². The first kappa shape index (κ1) is 45.5. The number of rotatable bonds is 35. The molecular weight excluding hydrogens is 617 g/mol. The van der Waals surface area contributed by atoms with E-state index in [4.69, 9.17) is 24.3 Å². The van der Waals surface area contributed by atoms with Crippen molar-refractivity contribution in [1.82, 2.24) is 0 Å². The van der Waals surface area contributed by atoms with E-state index in [0.717, 1.165) is 64.2 Å². The number of unbranched alkanes of at least 4 members (excludes halogenated alkanes) is 18. The minimum atomic E-state index is -4.37. The van der Waals surface area contributed by atoms with Crippen LogP contribution >= 0.6 is 7.82 Å². The lowest BCUT2D eigenvalue weighted by Crippen LogP contribution is -2.29. The summed E-state index contributed by atoms with van der Waals surface area (Å²) >= 11 is 0. The normalized spacial score (nSPS) is 13.7. The van der Waals surface area contributed by atoms with Gasteiger partial charge in [0.05, 0.1) is 13.2 Å². The van der Waals surface area contributed by atoms with Crippen LogP contribution in [0.1, 0.15) is 168 Å². The number of carbonyl (C=O) groups is 2. The average molecular weight is 688 g/mol. The molecule has 1 unspecified atom stereocenters. The van der Waals surface area contributed by atoms with Crippen molar-refractivity contribution in [1.29, 1.82) is 0 Å². The van der Waals surface area contributed by atoms with E-state index in [1.807, 2.05) is 0 Å². The summed E-state index contributed by atoms with van der Waals surface area (Å²) in [4.78, 5) is 34.6. The Morgan fingerprint density at radius 3 is 1.60 bits per heavy atom. The summed E-state index contributed by atoms with van der Waals surface area (Å²) in [6.45, 7) is 3.65. The molecule has 0 saturated carbocycles. The first-order valence-corrected chi connectivity index (χ1v) is 20.3. The Hall–Kier alpha value is -1.51. The summed E-state index contributed by atoms with van der Waals surface area (Å²) in [5, 5.41) is 0. The third-order valence-electron chi connectivity index (χ3n) is 7.81. The highest BCUT2D eigenvalue weighted by atomic mass is 31.2. The van der Waals surface area contributed by atoms with Crippen molar-refractivity contribution in [2.75, 3.05) is 26.4 Å². The van der Waals surface area contributed by atoms with Crippen LogP contribution in [0, 0.1) is 0 Å². The topological polar surface area (TPSA) is 134 Å². The highest BCUT2D eigenvalue weighted by Crippen LogP contribution is 2.43. The predicted molar refractivity (Wildman–Crippen MR) is 192 cm³/mol. The van der Waals surface area contributed by atoms with E-state index < -0.39 is 32.5 Å². The minimum Gasteiger partial charge on any atom is -0.462 e. The predicted octanol–water partition coefficient (Wildman–Crippen LogP) is 10.0. The molecule has 0 aliphatic carbocycles. The summed E-state index contributed by atoms with van der Waals surface area (Å²) in [5.74, 6) is -0.859. The molecule has 47 heavy (non-hydrogen) atoms. The molecule has 0 aromatic rings. The molecule has 0 aliphatic heterocycles. The zero-order valence-electron chi connectivity index (χ0n) is 30.0. The molecule has 0 amide bonds. The van der Waals surface area contributed by atoms with Gasteiger partial charge in [-0.2, -0.15) is 0 Å². The maximum Gasteiger partial charge on any atom is 0.472 e. The average Bonchev–Trinajstić information content (AvgIpc) is 3.05. The molecule has 9 nitrogen and oxygen atoms in total. The Morgan fingerprint density at radius 1 is 0.617 bits per heavy atom. The molecule has 3 N–H and O–H groups in total. The molecule has 0 bridgehead atoms. The van der Waals surface area contributed by atoms with Crippen molar-refractivity contribution in [3.05, 3.63) is 24.3 Å². The Balaban J connectivity index is 4.24. The van der Waals surface area contributed by atoms with Gasteiger partial charge < -0.3 is 20.1 Å². The fourth-order valence-electron chi connectivity index (χ4n) is 4.96. The molecule has 276 valence electrons. The molecule has 0 aromatic heterocycles. The maximum absolute atomic E-state index is 12.5. The fraction of sp³-hybridized carbons (Fsp3) is 0.838. The van der Waals surface area contributed by atoms with Gasteiger partial charge in [-0.1, -0.05) is 122 Å². The summed E-state index contributed by atoms with van der Waals surface area (Å²) in [6, 6.07) is 0. The van der Waals surface area contributed by atoms with Crippen molar-refractivity contribution in [2.45, 2.75) is 174 Å². The highest BCUT2D eigenvalue weighted by Gasteiger charge is 2.25. The lowest BCUT2D eigenvalue weighted by Gasteiger charge is -2.19. The standard InChI is InChI=1S/C37H70NO8P/c1-3-5-7-9-11-13-15-16-17-18-20-21-23-25-27-29-36(39)43-33-35(34-45-47(41,42)44-32-31-38)46-37(40)30-28-26-24-22-19-14-12-10-8-6-4-2/h10,12,18,20,35H,3-9,11,13-17,19,21-34,38H2,1-2H3,(H,41,42)/b12-10+,20-18+/t35-/m1/s1. The molecule has 2 atom stereocenters. The Labute approximate surface area is 287 Å². The lowest BCUT2D eigenvalue weighted by atomic mass is 10.1. The molecule has 0 heterocycles. The van der Waals surface area contributed by atoms with Gasteiger partial charge in [0, 0.05) is 19.4 Å². The van der Waals surface area contributed by atoms with Crippen LogP contribution in [0.5, 0.6) is 0 Å². The third-order valence-corrected chi connectivity index (χ3v) is 8.79. The summed E-state index contributed by atoms with van der Waals surface area (Å²) < 4.78 is 32.6. The maximum atomic E-state index is 12.5. The fourth-order valence-corrected chi connectivity index (χ4v) is 5.73. The Morgan fingerprint density at radius 2 is 1.06 bits per heavy atom. The van der Waals surface area contributed by atoms with Crippen molar-refractivity contribution in [3.8, 4) is 0 Å². The van der Waals surface area contributed by atoms with Gasteiger partial charge in [0.25, 0.3) is 0 Å². The first-order chi connectivity index (χ1) is 22.8. The molecule has 0 saturated heterocycles. The van der Waals surface area contributed by atoms with Gasteiger partial charge in [-0.25, -0.2) is 4.57 Å². The zero-order valence-corrected chi connectivity index (χ0v) is 30.9. The van der Waals surface area contributed by atoms with Crippen LogP contribution in [0.3, 0.4) is 0 Å². The van der Waals surface area contributed by atoms with Gasteiger partial charge in [0.15, 0.2) is 6.10 Å². The van der Waals surface area contributed by atoms with E-state index >= 15 is 0 Å². The summed E-state index contributed by atoms with van der Waals surface area (Å²) in [5.41, 5.74) is 5.32. The quantitative estimate of drug-likeness (QED) is 0.0289. The molecule has 0 rings (SSSR count). The molecule has 0 fully saturated rings. The number of allylic oxidation sites excluding steroid dienone is 4. The second-order valence-electron chi connectivity index (χ2n) is 12.4. The highest BCUT2D eigenvalue weighted by molar-refractivity contribution is 7.47. The SMILES string of the molecule is CCCC/C=C/CCCCCCCC(=O)O[C@H](COC(=O)CCCCC/C=C/CCCCCCCCCC)COP(=O)(O)OCCN. The molecule has 0 aromatic carbocycles. The van der Waals surface area contributed by atoms with Crippen molar-refractivity contribution >= 4 is 19.8 Å². The lowest BCUT2D eigenvalue weighted by molar-refractivity contribution is -0.161. The van der Waals surface area contributed by atoms with E-state index in [1.165, 1.54) is 64.2 Å². The van der Waals surface area contributed by atoms with E-state index in [0.29, 0.717) is 12.8 Å². The second kappa shape index (κ2) is 34.4. The van der Waals surface area contributed by atoms with Crippen molar-refractivity contribution < 1.29 is 37.6 Å². The number of phosphoric acid groups is 1. The third kappa shape index (κ3) is 34.2. The number of nitrogens with two attached hydrogens (primary N) is 1. The smallest absolute Gasteiger partial charge is 0.462 e. The molecule has 10 heteroatoms. The number of ether oxygens (including phenoxy) is 2. The van der Waals surface area contributed by atoms with Gasteiger partial charge in [0.1, 0.15) is 6.61 Å². The zero-order chi connectivity index (χ0) is 34.7. The molecular formula is C37H70NO8P. The summed E-state index contributed by atoms with van der Waals surface area (Å²) in [6.07, 6.45) is 33.5. The van der Waals surface area contributed by atoms with Crippen LogP contribution in [-0.4, -0.2) is 49.3 Å². The summed E-state index contributed by atoms with van der Waals surface area (Å²) in [7, 11) is -4.37.